The number of amides is 1. The summed E-state index contributed by atoms with van der Waals surface area (Å²) < 4.78 is 0. The number of rotatable bonds is 8. The molecule has 140 valence electrons. The summed E-state index contributed by atoms with van der Waals surface area (Å²) in [5.41, 5.74) is 0. The summed E-state index contributed by atoms with van der Waals surface area (Å²) in [6.45, 7) is 15.0. The highest BCUT2D eigenvalue weighted by molar-refractivity contribution is 5.76. The van der Waals surface area contributed by atoms with Gasteiger partial charge in [-0.3, -0.25) is 4.79 Å². The second kappa shape index (κ2) is 9.70. The quantitative estimate of drug-likeness (QED) is 0.721. The maximum Gasteiger partial charge on any atom is 0.225 e. The van der Waals surface area contributed by atoms with Crippen molar-refractivity contribution >= 4 is 11.9 Å². The van der Waals surface area contributed by atoms with Gasteiger partial charge in [0.25, 0.3) is 0 Å². The number of nitrogens with zero attached hydrogens (tertiary/aromatic N) is 5. The fourth-order valence-corrected chi connectivity index (χ4v) is 3.31. The summed E-state index contributed by atoms with van der Waals surface area (Å²) in [6.07, 6.45) is 4.14. The molecule has 1 amide bonds. The predicted molar refractivity (Wildman–Crippen MR) is 102 cm³/mol. The third-order valence-electron chi connectivity index (χ3n) is 4.36. The van der Waals surface area contributed by atoms with Crippen LogP contribution in [0.5, 0.6) is 0 Å². The Balaban J connectivity index is 1.77. The van der Waals surface area contributed by atoms with Crippen LogP contribution in [-0.2, 0) is 4.79 Å². The molecule has 0 unspecified atom stereocenters. The average molecular weight is 348 g/mol. The fraction of sp³-hybridized carbons (Fsp3) is 0.737. The van der Waals surface area contributed by atoms with Crippen LogP contribution < -0.4 is 4.90 Å². The van der Waals surface area contributed by atoms with Crippen molar-refractivity contribution in [1.82, 2.24) is 19.8 Å². The fourth-order valence-electron chi connectivity index (χ4n) is 3.31. The molecule has 1 aromatic rings. The number of piperazine rings is 1. The molecule has 25 heavy (non-hydrogen) atoms. The van der Waals surface area contributed by atoms with Crippen molar-refractivity contribution < 1.29 is 4.79 Å². The van der Waals surface area contributed by atoms with Crippen molar-refractivity contribution in [1.29, 1.82) is 0 Å². The van der Waals surface area contributed by atoms with Gasteiger partial charge in [-0.05, 0) is 17.9 Å². The molecule has 0 N–H and O–H groups in total. The van der Waals surface area contributed by atoms with Crippen LogP contribution in [0.25, 0.3) is 0 Å². The van der Waals surface area contributed by atoms with E-state index in [-0.39, 0.29) is 5.91 Å². The van der Waals surface area contributed by atoms with Gasteiger partial charge in [0.2, 0.25) is 11.9 Å². The third kappa shape index (κ3) is 6.61. The van der Waals surface area contributed by atoms with Crippen LogP contribution in [0.4, 0.5) is 5.95 Å². The summed E-state index contributed by atoms with van der Waals surface area (Å²) >= 11 is 0. The third-order valence-corrected chi connectivity index (χ3v) is 4.36. The molecule has 6 heteroatoms. The van der Waals surface area contributed by atoms with Crippen LogP contribution in [0.3, 0.4) is 0 Å². The van der Waals surface area contributed by atoms with Crippen LogP contribution in [-0.4, -0.2) is 71.5 Å². The smallest absolute Gasteiger partial charge is 0.225 e. The topological polar surface area (TPSA) is 52.6 Å². The largest absolute Gasteiger partial charge is 0.339 e. The number of hydrogen-bond acceptors (Lipinski definition) is 5. The Bertz CT molecular complexity index is 502. The monoisotopic (exact) mass is 347 g/mol. The first-order chi connectivity index (χ1) is 12.0. The van der Waals surface area contributed by atoms with E-state index in [1.54, 1.807) is 12.4 Å². The molecule has 0 aromatic carbocycles. The van der Waals surface area contributed by atoms with Gasteiger partial charge in [0.05, 0.1) is 0 Å². The maximum atomic E-state index is 12.6. The van der Waals surface area contributed by atoms with Gasteiger partial charge in [0.1, 0.15) is 0 Å². The lowest BCUT2D eigenvalue weighted by molar-refractivity contribution is -0.131. The van der Waals surface area contributed by atoms with Gasteiger partial charge in [-0.1, -0.05) is 27.7 Å². The molecule has 2 rings (SSSR count). The standard InChI is InChI=1S/C19H33N5O/c1-16(2)14-22(15-17(3)4)9-6-18(25)23-10-12-24(13-11-23)19-20-7-5-8-21-19/h5,7-8,16-17H,6,9-15H2,1-4H3. The zero-order chi connectivity index (χ0) is 18.2. The minimum atomic E-state index is 0.270. The number of anilines is 1. The number of carbonyl (C=O) groups is 1. The molecule has 0 radical (unpaired) electrons. The van der Waals surface area contributed by atoms with Gasteiger partial charge in [-0.15, -0.1) is 0 Å². The molecule has 2 heterocycles. The molecule has 1 aromatic heterocycles. The maximum absolute atomic E-state index is 12.6. The van der Waals surface area contributed by atoms with Gasteiger partial charge in [0, 0.05) is 64.6 Å². The Kier molecular flexibility index (Phi) is 7.62. The first kappa shape index (κ1) is 19.6. The Labute approximate surface area is 152 Å². The Morgan fingerprint density at radius 2 is 1.60 bits per heavy atom. The molecule has 1 aliphatic heterocycles. The first-order valence-electron chi connectivity index (χ1n) is 9.47. The van der Waals surface area contributed by atoms with E-state index >= 15 is 0 Å². The van der Waals surface area contributed by atoms with E-state index in [1.165, 1.54) is 0 Å². The molecule has 1 aliphatic rings. The number of carbonyl (C=O) groups excluding carboxylic acids is 1. The van der Waals surface area contributed by atoms with Gasteiger partial charge >= 0.3 is 0 Å². The van der Waals surface area contributed by atoms with Crippen molar-refractivity contribution in [3.05, 3.63) is 18.5 Å². The van der Waals surface area contributed by atoms with Crippen LogP contribution in [0.2, 0.25) is 0 Å². The summed E-state index contributed by atoms with van der Waals surface area (Å²) in [5.74, 6) is 2.28. The highest BCUT2D eigenvalue weighted by Gasteiger charge is 2.22. The van der Waals surface area contributed by atoms with Crippen LogP contribution in [0.1, 0.15) is 34.1 Å². The van der Waals surface area contributed by atoms with Crippen molar-refractivity contribution in [2.24, 2.45) is 11.8 Å². The van der Waals surface area contributed by atoms with E-state index in [0.717, 1.165) is 51.8 Å². The van der Waals surface area contributed by atoms with Gasteiger partial charge in [-0.2, -0.15) is 0 Å². The average Bonchev–Trinajstić information content (AvgIpc) is 2.59. The molecular weight excluding hydrogens is 314 g/mol. The number of aromatic nitrogens is 2. The van der Waals surface area contributed by atoms with Crippen LogP contribution >= 0.6 is 0 Å². The van der Waals surface area contributed by atoms with Crippen molar-refractivity contribution in [2.75, 3.05) is 50.7 Å². The van der Waals surface area contributed by atoms with Crippen LogP contribution in [0, 0.1) is 11.8 Å². The number of hydrogen-bond donors (Lipinski definition) is 0. The second-order valence-electron chi connectivity index (χ2n) is 7.71. The first-order valence-corrected chi connectivity index (χ1v) is 9.47. The van der Waals surface area contributed by atoms with Gasteiger partial charge in [0.15, 0.2) is 0 Å². The Morgan fingerprint density at radius 1 is 1.04 bits per heavy atom. The normalized spacial score (nSPS) is 15.5. The molecule has 0 saturated carbocycles. The molecule has 6 nitrogen and oxygen atoms in total. The summed E-state index contributed by atoms with van der Waals surface area (Å²) in [4.78, 5) is 27.7. The highest BCUT2D eigenvalue weighted by Crippen LogP contribution is 2.11. The predicted octanol–water partition coefficient (Wildman–Crippen LogP) is 2.13. The van der Waals surface area contributed by atoms with Gasteiger partial charge in [-0.25, -0.2) is 9.97 Å². The molecule has 1 saturated heterocycles. The second-order valence-corrected chi connectivity index (χ2v) is 7.71. The lowest BCUT2D eigenvalue weighted by atomic mass is 10.1. The molecule has 0 bridgehead atoms. The lowest BCUT2D eigenvalue weighted by Gasteiger charge is -2.35. The van der Waals surface area contributed by atoms with E-state index in [4.69, 9.17) is 0 Å². The van der Waals surface area contributed by atoms with E-state index in [0.29, 0.717) is 18.3 Å². The summed E-state index contributed by atoms with van der Waals surface area (Å²) in [5, 5.41) is 0. The lowest BCUT2D eigenvalue weighted by Crippen LogP contribution is -2.49. The molecule has 0 atom stereocenters. The Hall–Kier alpha value is -1.69. The van der Waals surface area contributed by atoms with Crippen LogP contribution in [0.15, 0.2) is 18.5 Å². The Morgan fingerprint density at radius 3 is 2.12 bits per heavy atom. The molecular formula is C19H33N5O. The van der Waals surface area contributed by atoms with E-state index < -0.39 is 0 Å². The van der Waals surface area contributed by atoms with Gasteiger partial charge < -0.3 is 14.7 Å². The minimum Gasteiger partial charge on any atom is -0.339 e. The highest BCUT2D eigenvalue weighted by atomic mass is 16.2. The van der Waals surface area contributed by atoms with Crippen molar-refractivity contribution in [3.63, 3.8) is 0 Å². The van der Waals surface area contributed by atoms with E-state index in [2.05, 4.69) is 47.5 Å². The SMILES string of the molecule is CC(C)CN(CCC(=O)N1CCN(c2ncccn2)CC1)CC(C)C. The molecule has 0 aliphatic carbocycles. The summed E-state index contributed by atoms with van der Waals surface area (Å²) in [6, 6.07) is 1.82. The zero-order valence-corrected chi connectivity index (χ0v) is 16.2. The van der Waals surface area contributed by atoms with Crippen molar-refractivity contribution in [2.45, 2.75) is 34.1 Å². The molecule has 0 spiro atoms. The van der Waals surface area contributed by atoms with Crippen molar-refractivity contribution in [3.8, 4) is 0 Å². The molecule has 1 fully saturated rings. The zero-order valence-electron chi connectivity index (χ0n) is 16.2. The minimum absolute atomic E-state index is 0.270. The van der Waals surface area contributed by atoms with E-state index in [9.17, 15) is 4.79 Å². The summed E-state index contributed by atoms with van der Waals surface area (Å²) in [7, 11) is 0. The van der Waals surface area contributed by atoms with E-state index in [1.807, 2.05) is 11.0 Å².